The Morgan fingerprint density at radius 1 is 1.44 bits per heavy atom. The van der Waals surface area contributed by atoms with E-state index < -0.39 is 0 Å². The summed E-state index contributed by atoms with van der Waals surface area (Å²) < 4.78 is 0. The number of hydrogen-bond donors (Lipinski definition) is 1. The molecule has 0 fully saturated rings. The van der Waals surface area contributed by atoms with Gasteiger partial charge in [-0.15, -0.1) is 11.3 Å². The monoisotopic (exact) mass is 257 g/mol. The molecule has 1 aliphatic carbocycles. The standard InChI is InChI=1S/C14H11NO2S/c1-10-13(9-16)18-14(15-10)8-6-11-3-2-4-12(17)7-5-11/h2,4-5,7,9,17H,3H2,1H3. The minimum absolute atomic E-state index is 0.222. The molecule has 0 saturated heterocycles. The number of aliphatic hydroxyl groups excluding tert-OH is 1. The average Bonchev–Trinajstić information content (AvgIpc) is 2.58. The van der Waals surface area contributed by atoms with Gasteiger partial charge in [0.2, 0.25) is 0 Å². The smallest absolute Gasteiger partial charge is 0.168 e. The average molecular weight is 257 g/mol. The highest BCUT2D eigenvalue weighted by Crippen LogP contribution is 2.15. The Balaban J connectivity index is 2.22. The summed E-state index contributed by atoms with van der Waals surface area (Å²) >= 11 is 1.29. The van der Waals surface area contributed by atoms with E-state index in [4.69, 9.17) is 0 Å². The van der Waals surface area contributed by atoms with Gasteiger partial charge < -0.3 is 5.11 Å². The summed E-state index contributed by atoms with van der Waals surface area (Å²) in [6.07, 6.45) is 8.36. The molecule has 0 unspecified atom stereocenters. The number of carbonyl (C=O) groups excluding carboxylic acids is 1. The van der Waals surface area contributed by atoms with E-state index in [1.807, 2.05) is 6.08 Å². The lowest BCUT2D eigenvalue weighted by molar-refractivity contribution is 0.112. The third kappa shape index (κ3) is 2.96. The first-order chi connectivity index (χ1) is 8.69. The third-order valence-corrected chi connectivity index (χ3v) is 3.35. The minimum Gasteiger partial charge on any atom is -0.508 e. The summed E-state index contributed by atoms with van der Waals surface area (Å²) in [4.78, 5) is 15.5. The molecule has 1 N–H and O–H groups in total. The Morgan fingerprint density at radius 2 is 2.28 bits per heavy atom. The van der Waals surface area contributed by atoms with Gasteiger partial charge in [0, 0.05) is 5.57 Å². The second-order valence-electron chi connectivity index (χ2n) is 3.73. The van der Waals surface area contributed by atoms with Gasteiger partial charge in [0.25, 0.3) is 0 Å². The lowest BCUT2D eigenvalue weighted by atomic mass is 10.2. The van der Waals surface area contributed by atoms with Crippen LogP contribution >= 0.6 is 11.3 Å². The highest BCUT2D eigenvalue weighted by atomic mass is 32.1. The molecule has 3 nitrogen and oxygen atoms in total. The molecule has 18 heavy (non-hydrogen) atoms. The summed E-state index contributed by atoms with van der Waals surface area (Å²) in [6.45, 7) is 1.79. The highest BCUT2D eigenvalue weighted by molar-refractivity contribution is 7.13. The lowest BCUT2D eigenvalue weighted by Gasteiger charge is -1.88. The molecule has 0 saturated carbocycles. The Kier molecular flexibility index (Phi) is 3.75. The molecule has 0 radical (unpaired) electrons. The van der Waals surface area contributed by atoms with Crippen molar-refractivity contribution < 1.29 is 9.90 Å². The summed E-state index contributed by atoms with van der Waals surface area (Å²) in [5.74, 6) is 6.16. The second kappa shape index (κ2) is 5.48. The quantitative estimate of drug-likeness (QED) is 0.621. The summed E-state index contributed by atoms with van der Waals surface area (Å²) in [7, 11) is 0. The van der Waals surface area contributed by atoms with E-state index in [1.165, 1.54) is 11.3 Å². The number of carbonyl (C=O) groups is 1. The van der Waals surface area contributed by atoms with E-state index in [0.717, 1.165) is 11.9 Å². The molecule has 0 aromatic carbocycles. The van der Waals surface area contributed by atoms with Crippen molar-refractivity contribution in [2.75, 3.05) is 0 Å². The summed E-state index contributed by atoms with van der Waals surface area (Å²) in [6, 6.07) is 0. The maximum absolute atomic E-state index is 10.7. The van der Waals surface area contributed by atoms with Crippen LogP contribution in [-0.4, -0.2) is 16.4 Å². The number of hydrogen-bond acceptors (Lipinski definition) is 4. The molecule has 1 aromatic heterocycles. The molecule has 1 aromatic rings. The topological polar surface area (TPSA) is 50.2 Å². The molecular formula is C14H11NO2S. The van der Waals surface area contributed by atoms with Crippen molar-refractivity contribution in [1.29, 1.82) is 0 Å². The van der Waals surface area contributed by atoms with Crippen LogP contribution in [0.2, 0.25) is 0 Å². The molecule has 4 heteroatoms. The van der Waals surface area contributed by atoms with E-state index in [-0.39, 0.29) is 5.76 Å². The Labute approximate surface area is 109 Å². The maximum Gasteiger partial charge on any atom is 0.168 e. The van der Waals surface area contributed by atoms with Gasteiger partial charge in [-0.3, -0.25) is 4.79 Å². The van der Waals surface area contributed by atoms with Crippen molar-refractivity contribution >= 4 is 17.6 Å². The molecular weight excluding hydrogens is 246 g/mol. The second-order valence-corrected chi connectivity index (χ2v) is 4.76. The van der Waals surface area contributed by atoms with Crippen LogP contribution in [0, 0.1) is 18.8 Å². The third-order valence-electron chi connectivity index (χ3n) is 2.35. The van der Waals surface area contributed by atoms with Crippen LogP contribution in [0.3, 0.4) is 0 Å². The Morgan fingerprint density at radius 3 is 3.00 bits per heavy atom. The molecule has 0 amide bonds. The van der Waals surface area contributed by atoms with Crippen LogP contribution in [-0.2, 0) is 0 Å². The van der Waals surface area contributed by atoms with Crippen LogP contribution in [0.25, 0.3) is 0 Å². The predicted octanol–water partition coefficient (Wildman–Crippen LogP) is 2.94. The van der Waals surface area contributed by atoms with Crippen molar-refractivity contribution in [3.63, 3.8) is 0 Å². The number of rotatable bonds is 1. The van der Waals surface area contributed by atoms with Crippen molar-refractivity contribution in [1.82, 2.24) is 4.98 Å². The van der Waals surface area contributed by atoms with Crippen LogP contribution in [0.5, 0.6) is 0 Å². The van der Waals surface area contributed by atoms with E-state index in [9.17, 15) is 9.90 Å². The van der Waals surface area contributed by atoms with E-state index in [0.29, 0.717) is 22.0 Å². The first kappa shape index (κ1) is 12.3. The number of nitrogens with zero attached hydrogens (tertiary/aromatic N) is 1. The van der Waals surface area contributed by atoms with Gasteiger partial charge in [-0.1, -0.05) is 12.0 Å². The number of aldehydes is 1. The van der Waals surface area contributed by atoms with Crippen molar-refractivity contribution in [2.45, 2.75) is 13.3 Å². The Hall–Kier alpha value is -2.12. The zero-order valence-corrected chi connectivity index (χ0v) is 10.6. The Bertz CT molecular complexity index is 624. The van der Waals surface area contributed by atoms with Crippen molar-refractivity contribution in [2.24, 2.45) is 0 Å². The molecule has 0 spiro atoms. The number of aromatic nitrogens is 1. The van der Waals surface area contributed by atoms with E-state index >= 15 is 0 Å². The van der Waals surface area contributed by atoms with Gasteiger partial charge >= 0.3 is 0 Å². The zero-order valence-electron chi connectivity index (χ0n) is 9.80. The van der Waals surface area contributed by atoms with Crippen LogP contribution < -0.4 is 0 Å². The SMILES string of the molecule is Cc1nc(C#CC2=CC=C(O)C=CC2)sc1C=O. The molecule has 1 heterocycles. The first-order valence-electron chi connectivity index (χ1n) is 5.40. The van der Waals surface area contributed by atoms with Gasteiger partial charge in [-0.2, -0.15) is 0 Å². The maximum atomic E-state index is 10.7. The largest absolute Gasteiger partial charge is 0.508 e. The fourth-order valence-corrected chi connectivity index (χ4v) is 2.15. The van der Waals surface area contributed by atoms with Crippen LogP contribution in [0.15, 0.2) is 35.6 Å². The first-order valence-corrected chi connectivity index (χ1v) is 6.21. The predicted molar refractivity (Wildman–Crippen MR) is 71.7 cm³/mol. The summed E-state index contributed by atoms with van der Waals surface area (Å²) in [5.41, 5.74) is 1.61. The van der Waals surface area contributed by atoms with E-state index in [1.54, 1.807) is 25.2 Å². The van der Waals surface area contributed by atoms with Crippen molar-refractivity contribution in [3.8, 4) is 11.8 Å². The molecule has 1 aliphatic rings. The minimum atomic E-state index is 0.222. The van der Waals surface area contributed by atoms with Gasteiger partial charge in [0.1, 0.15) is 5.76 Å². The van der Waals surface area contributed by atoms with Crippen LogP contribution in [0.4, 0.5) is 0 Å². The van der Waals surface area contributed by atoms with Gasteiger partial charge in [-0.05, 0) is 37.5 Å². The number of thiazole rings is 1. The lowest BCUT2D eigenvalue weighted by Crippen LogP contribution is -1.78. The molecule has 2 rings (SSSR count). The van der Waals surface area contributed by atoms with Crippen molar-refractivity contribution in [3.05, 3.63) is 51.2 Å². The fourth-order valence-electron chi connectivity index (χ4n) is 1.41. The van der Waals surface area contributed by atoms with Gasteiger partial charge in [0.15, 0.2) is 11.3 Å². The molecule has 0 aliphatic heterocycles. The molecule has 0 bridgehead atoms. The number of allylic oxidation sites excluding steroid dienone is 5. The highest BCUT2D eigenvalue weighted by Gasteiger charge is 2.03. The summed E-state index contributed by atoms with van der Waals surface area (Å²) in [5, 5.41) is 9.93. The number of aryl methyl sites for hydroxylation is 1. The fraction of sp³-hybridized carbons (Fsp3) is 0.143. The van der Waals surface area contributed by atoms with Gasteiger partial charge in [-0.25, -0.2) is 4.98 Å². The normalized spacial score (nSPS) is 14.1. The molecule has 90 valence electrons. The zero-order chi connectivity index (χ0) is 13.0. The van der Waals surface area contributed by atoms with Gasteiger partial charge in [0.05, 0.1) is 10.6 Å². The van der Waals surface area contributed by atoms with E-state index in [2.05, 4.69) is 16.8 Å². The molecule has 0 atom stereocenters. The number of aliphatic hydroxyl groups is 1. The van der Waals surface area contributed by atoms with Crippen LogP contribution in [0.1, 0.15) is 26.8 Å².